The third-order valence-corrected chi connectivity index (χ3v) is 2.31. The molecule has 0 aromatic carbocycles. The second kappa shape index (κ2) is 4.22. The number of nitrogens with zero attached hydrogens (tertiary/aromatic N) is 4. The normalized spacial score (nSPS) is 10.4. The Bertz CT molecular complexity index is 518. The van der Waals surface area contributed by atoms with Crippen molar-refractivity contribution < 1.29 is 4.79 Å². The summed E-state index contributed by atoms with van der Waals surface area (Å²) < 4.78 is 1.59. The molecule has 16 heavy (non-hydrogen) atoms. The quantitative estimate of drug-likeness (QED) is 0.716. The summed E-state index contributed by atoms with van der Waals surface area (Å²) >= 11 is 0. The maximum atomic E-state index is 11.9. The van der Waals surface area contributed by atoms with Crippen molar-refractivity contribution in [2.75, 3.05) is 0 Å². The lowest BCUT2D eigenvalue weighted by molar-refractivity contribution is 0.0991. The van der Waals surface area contributed by atoms with Crippen LogP contribution in [0.25, 0.3) is 0 Å². The first kappa shape index (κ1) is 10.5. The Morgan fingerprint density at radius 3 is 2.94 bits per heavy atom. The van der Waals surface area contributed by atoms with E-state index in [-0.39, 0.29) is 12.2 Å². The lowest BCUT2D eigenvalue weighted by Gasteiger charge is -2.01. The van der Waals surface area contributed by atoms with E-state index in [9.17, 15) is 4.79 Å². The molecule has 0 saturated carbocycles. The molecule has 2 aromatic rings. The fraction of sp³-hybridized carbons (Fsp3) is 0.273. The van der Waals surface area contributed by atoms with E-state index in [0.29, 0.717) is 11.3 Å². The Kier molecular flexibility index (Phi) is 2.76. The Morgan fingerprint density at radius 1 is 1.50 bits per heavy atom. The van der Waals surface area contributed by atoms with Crippen molar-refractivity contribution in [2.45, 2.75) is 13.3 Å². The number of carbonyl (C=O) groups excluding carboxylic acids is 1. The third-order valence-electron chi connectivity index (χ3n) is 2.31. The maximum Gasteiger partial charge on any atom is 0.169 e. The summed E-state index contributed by atoms with van der Waals surface area (Å²) in [6.07, 6.45) is 5.33. The van der Waals surface area contributed by atoms with Crippen LogP contribution < -0.4 is 0 Å². The van der Waals surface area contributed by atoms with Crippen LogP contribution in [-0.2, 0) is 13.5 Å². The van der Waals surface area contributed by atoms with Gasteiger partial charge in [0.1, 0.15) is 0 Å². The molecular formula is C11H12N4O. The van der Waals surface area contributed by atoms with Crippen LogP contribution in [0, 0.1) is 6.92 Å². The number of carbonyl (C=O) groups is 1. The van der Waals surface area contributed by atoms with Gasteiger partial charge in [-0.05, 0) is 18.6 Å². The number of pyridine rings is 1. The van der Waals surface area contributed by atoms with Gasteiger partial charge >= 0.3 is 0 Å². The topological polar surface area (TPSA) is 60.7 Å². The van der Waals surface area contributed by atoms with Gasteiger partial charge in [0.05, 0.1) is 12.1 Å². The standard InChI is InChI=1S/C11H12N4O/c1-8-6-12-4-3-10(8)11(16)5-9-7-15(2)14-13-9/h3-4,6-7H,5H2,1-2H3. The predicted octanol–water partition coefficient (Wildman–Crippen LogP) is 0.944. The van der Waals surface area contributed by atoms with Gasteiger partial charge < -0.3 is 0 Å². The Hall–Kier alpha value is -2.04. The molecule has 0 spiro atoms. The average molecular weight is 216 g/mol. The molecule has 0 bridgehead atoms. The molecule has 82 valence electrons. The number of ketones is 1. The number of Topliss-reactive ketones (excluding diaryl/α,β-unsaturated/α-hetero) is 1. The lowest BCUT2D eigenvalue weighted by Crippen LogP contribution is -2.06. The van der Waals surface area contributed by atoms with Crippen LogP contribution in [0.1, 0.15) is 21.6 Å². The molecule has 2 rings (SSSR count). The van der Waals surface area contributed by atoms with Crippen molar-refractivity contribution in [1.29, 1.82) is 0 Å². The van der Waals surface area contributed by atoms with E-state index < -0.39 is 0 Å². The molecule has 2 aromatic heterocycles. The van der Waals surface area contributed by atoms with E-state index in [0.717, 1.165) is 5.56 Å². The van der Waals surface area contributed by atoms with Gasteiger partial charge in [-0.25, -0.2) is 0 Å². The summed E-state index contributed by atoms with van der Waals surface area (Å²) in [6, 6.07) is 1.73. The van der Waals surface area contributed by atoms with E-state index in [4.69, 9.17) is 0 Å². The summed E-state index contributed by atoms with van der Waals surface area (Å²) in [5.41, 5.74) is 2.26. The van der Waals surface area contributed by atoms with Gasteiger partial charge in [-0.1, -0.05) is 5.21 Å². The number of aryl methyl sites for hydroxylation is 2. The summed E-state index contributed by atoms with van der Waals surface area (Å²) in [6.45, 7) is 1.87. The van der Waals surface area contributed by atoms with Crippen LogP contribution in [0.4, 0.5) is 0 Å². The minimum atomic E-state index is 0.0420. The van der Waals surface area contributed by atoms with Crippen molar-refractivity contribution in [2.24, 2.45) is 7.05 Å². The summed E-state index contributed by atoms with van der Waals surface area (Å²) in [4.78, 5) is 15.9. The van der Waals surface area contributed by atoms with Crippen molar-refractivity contribution in [3.8, 4) is 0 Å². The number of aromatic nitrogens is 4. The first-order valence-electron chi connectivity index (χ1n) is 4.96. The molecule has 0 radical (unpaired) electrons. The van der Waals surface area contributed by atoms with Gasteiger partial charge in [-0.15, -0.1) is 5.10 Å². The highest BCUT2D eigenvalue weighted by atomic mass is 16.1. The number of rotatable bonds is 3. The molecule has 0 unspecified atom stereocenters. The zero-order chi connectivity index (χ0) is 11.5. The summed E-state index contributed by atoms with van der Waals surface area (Å²) in [5.74, 6) is 0.0420. The third kappa shape index (κ3) is 2.13. The average Bonchev–Trinajstić information content (AvgIpc) is 2.64. The van der Waals surface area contributed by atoms with Crippen LogP contribution in [0.2, 0.25) is 0 Å². The molecule has 0 aliphatic rings. The second-order valence-corrected chi connectivity index (χ2v) is 3.67. The molecule has 0 aliphatic carbocycles. The molecule has 0 fully saturated rings. The second-order valence-electron chi connectivity index (χ2n) is 3.67. The van der Waals surface area contributed by atoms with Crippen molar-refractivity contribution in [3.05, 3.63) is 41.5 Å². The molecule has 2 heterocycles. The van der Waals surface area contributed by atoms with Gasteiger partial charge in [0.15, 0.2) is 5.78 Å². The Morgan fingerprint density at radius 2 is 2.31 bits per heavy atom. The molecule has 0 N–H and O–H groups in total. The van der Waals surface area contributed by atoms with E-state index in [2.05, 4.69) is 15.3 Å². The summed E-state index contributed by atoms with van der Waals surface area (Å²) in [7, 11) is 1.78. The van der Waals surface area contributed by atoms with Crippen molar-refractivity contribution in [3.63, 3.8) is 0 Å². The molecule has 0 aliphatic heterocycles. The van der Waals surface area contributed by atoms with Crippen LogP contribution in [-0.4, -0.2) is 25.8 Å². The van der Waals surface area contributed by atoms with Crippen LogP contribution in [0.15, 0.2) is 24.7 Å². The van der Waals surface area contributed by atoms with Crippen LogP contribution >= 0.6 is 0 Å². The molecule has 5 nitrogen and oxygen atoms in total. The first-order valence-corrected chi connectivity index (χ1v) is 4.96. The molecular weight excluding hydrogens is 204 g/mol. The zero-order valence-electron chi connectivity index (χ0n) is 9.21. The molecule has 0 atom stereocenters. The van der Waals surface area contributed by atoms with Crippen LogP contribution in [0.5, 0.6) is 0 Å². The fourth-order valence-electron chi connectivity index (χ4n) is 1.52. The van der Waals surface area contributed by atoms with Gasteiger partial charge in [0.2, 0.25) is 0 Å². The molecule has 0 amide bonds. The summed E-state index contributed by atoms with van der Waals surface area (Å²) in [5, 5.41) is 7.68. The highest BCUT2D eigenvalue weighted by Crippen LogP contribution is 2.09. The van der Waals surface area contributed by atoms with E-state index in [1.165, 1.54) is 0 Å². The van der Waals surface area contributed by atoms with E-state index in [1.807, 2.05) is 6.92 Å². The Balaban J connectivity index is 2.18. The molecule has 5 heteroatoms. The molecule has 0 saturated heterocycles. The van der Waals surface area contributed by atoms with E-state index in [1.54, 1.807) is 36.4 Å². The monoisotopic (exact) mass is 216 g/mol. The Labute approximate surface area is 93.1 Å². The van der Waals surface area contributed by atoms with Gasteiger partial charge in [0.25, 0.3) is 0 Å². The predicted molar refractivity (Wildman–Crippen MR) is 58.0 cm³/mol. The highest BCUT2D eigenvalue weighted by molar-refractivity contribution is 5.98. The van der Waals surface area contributed by atoms with Gasteiger partial charge in [0, 0.05) is 31.2 Å². The largest absolute Gasteiger partial charge is 0.294 e. The van der Waals surface area contributed by atoms with Crippen molar-refractivity contribution in [1.82, 2.24) is 20.0 Å². The first-order chi connectivity index (χ1) is 7.66. The maximum absolute atomic E-state index is 11.9. The van der Waals surface area contributed by atoms with Crippen LogP contribution in [0.3, 0.4) is 0 Å². The minimum absolute atomic E-state index is 0.0420. The number of hydrogen-bond donors (Lipinski definition) is 0. The van der Waals surface area contributed by atoms with Crippen molar-refractivity contribution >= 4 is 5.78 Å². The minimum Gasteiger partial charge on any atom is -0.294 e. The fourth-order valence-corrected chi connectivity index (χ4v) is 1.52. The van der Waals surface area contributed by atoms with E-state index >= 15 is 0 Å². The van der Waals surface area contributed by atoms with Gasteiger partial charge in [-0.3, -0.25) is 14.5 Å². The SMILES string of the molecule is Cc1cnccc1C(=O)Cc1cn(C)nn1. The number of hydrogen-bond acceptors (Lipinski definition) is 4. The smallest absolute Gasteiger partial charge is 0.169 e. The zero-order valence-corrected chi connectivity index (χ0v) is 9.21. The van der Waals surface area contributed by atoms with Gasteiger partial charge in [-0.2, -0.15) is 0 Å². The highest BCUT2D eigenvalue weighted by Gasteiger charge is 2.11. The lowest BCUT2D eigenvalue weighted by atomic mass is 10.0.